The van der Waals surface area contributed by atoms with Gasteiger partial charge in [-0.2, -0.15) is 9.98 Å². The number of fused-ring (bicyclic) bond motifs is 1. The molecule has 32 heavy (non-hydrogen) atoms. The summed E-state index contributed by atoms with van der Waals surface area (Å²) in [5, 5.41) is 16.2. The van der Waals surface area contributed by atoms with E-state index in [9.17, 15) is 5.11 Å². The molecule has 0 saturated heterocycles. The van der Waals surface area contributed by atoms with Crippen LogP contribution in [0.3, 0.4) is 0 Å². The van der Waals surface area contributed by atoms with Crippen LogP contribution in [-0.4, -0.2) is 41.6 Å². The van der Waals surface area contributed by atoms with Crippen molar-refractivity contribution < 1.29 is 9.84 Å². The van der Waals surface area contributed by atoms with Gasteiger partial charge in [-0.1, -0.05) is 47.7 Å². The molecule has 1 aliphatic heterocycles. The van der Waals surface area contributed by atoms with Crippen molar-refractivity contribution in [2.24, 2.45) is 15.0 Å². The Kier molecular flexibility index (Phi) is 5.45. The predicted molar refractivity (Wildman–Crippen MR) is 127 cm³/mol. The molecule has 1 aliphatic carbocycles. The molecule has 0 bridgehead atoms. The Balaban J connectivity index is 1.39. The van der Waals surface area contributed by atoms with Crippen molar-refractivity contribution in [3.63, 3.8) is 0 Å². The van der Waals surface area contributed by atoms with Crippen LogP contribution in [0.15, 0.2) is 63.5 Å². The molecule has 1 saturated carbocycles. The number of hydrogen-bond donors (Lipinski definition) is 2. The average Bonchev–Trinajstić information content (AvgIpc) is 3.49. The van der Waals surface area contributed by atoms with Gasteiger partial charge < -0.3 is 15.2 Å². The molecule has 0 unspecified atom stereocenters. The third kappa shape index (κ3) is 4.13. The Labute approximate surface area is 189 Å². The molecule has 162 valence electrons. The Morgan fingerprint density at radius 3 is 2.84 bits per heavy atom. The molecule has 2 heterocycles. The zero-order valence-electron chi connectivity index (χ0n) is 17.8. The topological polar surface area (TPSA) is 91.5 Å². The van der Waals surface area contributed by atoms with E-state index in [-0.39, 0.29) is 5.88 Å². The van der Waals surface area contributed by atoms with Gasteiger partial charge in [0.05, 0.1) is 22.4 Å². The Bertz CT molecular complexity index is 1330. The van der Waals surface area contributed by atoms with Gasteiger partial charge in [0.25, 0.3) is 0 Å². The molecule has 1 aromatic heterocycles. The van der Waals surface area contributed by atoms with Crippen molar-refractivity contribution >= 4 is 34.4 Å². The molecule has 2 aromatic carbocycles. The average molecular weight is 446 g/mol. The lowest BCUT2D eigenvalue weighted by atomic mass is 10.1. The van der Waals surface area contributed by atoms with Crippen molar-refractivity contribution in [3.8, 4) is 5.88 Å². The number of aliphatic imine (C=N–C) groups is 2. The standard InChI is InChI=1S/C24H23N5O2S/c1-3-31-22-17-11-14(9-10-18(17)26-23(25-2)29-22)12-20-21(30)28-24(32-20)27-19-13-16(19)15-7-5-4-6-8-15/h4-12,16,19,30H,3,13H2,1-2H3,(H,27,28)/b14-12+,25-23?/t16-,19+/m0/s1. The molecular formula is C24H23N5O2S. The van der Waals surface area contributed by atoms with Gasteiger partial charge in [-0.25, -0.2) is 4.99 Å². The summed E-state index contributed by atoms with van der Waals surface area (Å²) in [6.07, 6.45) is 2.98. The molecule has 0 amide bonds. The van der Waals surface area contributed by atoms with Gasteiger partial charge in [0, 0.05) is 19.0 Å². The van der Waals surface area contributed by atoms with Crippen LogP contribution in [0.5, 0.6) is 5.88 Å². The lowest BCUT2D eigenvalue weighted by molar-refractivity contribution is 0.328. The first-order valence-corrected chi connectivity index (χ1v) is 11.4. The minimum Gasteiger partial charge on any atom is -0.492 e. The number of aromatic nitrogens is 1. The van der Waals surface area contributed by atoms with Crippen LogP contribution in [-0.2, 0) is 4.74 Å². The van der Waals surface area contributed by atoms with Crippen molar-refractivity contribution in [1.29, 1.82) is 0 Å². The van der Waals surface area contributed by atoms with Crippen molar-refractivity contribution in [2.45, 2.75) is 25.3 Å². The van der Waals surface area contributed by atoms with E-state index in [4.69, 9.17) is 4.74 Å². The van der Waals surface area contributed by atoms with Crippen molar-refractivity contribution in [1.82, 2.24) is 4.98 Å². The number of nitrogens with one attached hydrogen (secondary N) is 1. The van der Waals surface area contributed by atoms with Crippen LogP contribution in [0, 0.1) is 0 Å². The van der Waals surface area contributed by atoms with Crippen LogP contribution in [0.25, 0.3) is 6.08 Å². The molecule has 3 aromatic rings. The molecule has 8 heteroatoms. The summed E-state index contributed by atoms with van der Waals surface area (Å²) in [5.74, 6) is 1.41. The Morgan fingerprint density at radius 2 is 2.06 bits per heavy atom. The molecule has 2 atom stereocenters. The third-order valence-electron chi connectivity index (χ3n) is 5.41. The fraction of sp³-hybridized carbons (Fsp3) is 0.250. The number of thiazole rings is 1. The van der Waals surface area contributed by atoms with Gasteiger partial charge >= 0.3 is 0 Å². The van der Waals surface area contributed by atoms with Gasteiger partial charge in [-0.15, -0.1) is 0 Å². The maximum Gasteiger partial charge on any atom is 0.248 e. The monoisotopic (exact) mass is 445 g/mol. The zero-order chi connectivity index (χ0) is 22.1. The molecule has 0 radical (unpaired) electrons. The molecule has 0 spiro atoms. The summed E-state index contributed by atoms with van der Waals surface area (Å²) in [4.78, 5) is 17.9. The molecule has 7 nitrogen and oxygen atoms in total. The van der Waals surface area contributed by atoms with Crippen molar-refractivity contribution in [3.05, 3.63) is 75.1 Å². The van der Waals surface area contributed by atoms with E-state index in [0.29, 0.717) is 35.3 Å². The van der Waals surface area contributed by atoms with E-state index >= 15 is 0 Å². The van der Waals surface area contributed by atoms with Crippen molar-refractivity contribution in [2.75, 3.05) is 19.0 Å². The van der Waals surface area contributed by atoms with Crippen LogP contribution >= 0.6 is 11.3 Å². The third-order valence-corrected chi connectivity index (χ3v) is 6.34. The first-order chi connectivity index (χ1) is 15.6. The normalized spacial score (nSPS) is 21.0. The quantitative estimate of drug-likeness (QED) is 0.632. The fourth-order valence-electron chi connectivity index (χ4n) is 3.76. The van der Waals surface area contributed by atoms with Gasteiger partial charge in [-0.3, -0.25) is 4.99 Å². The summed E-state index contributed by atoms with van der Waals surface area (Å²) < 4.78 is 5.70. The summed E-state index contributed by atoms with van der Waals surface area (Å²) in [5.41, 5.74) is 2.14. The summed E-state index contributed by atoms with van der Waals surface area (Å²) in [6.45, 7) is 2.41. The van der Waals surface area contributed by atoms with Crippen LogP contribution < -0.4 is 15.9 Å². The first-order valence-electron chi connectivity index (χ1n) is 10.5. The highest BCUT2D eigenvalue weighted by Gasteiger charge is 2.38. The summed E-state index contributed by atoms with van der Waals surface area (Å²) in [6, 6.07) is 16.6. The zero-order valence-corrected chi connectivity index (χ0v) is 18.6. The Hall–Kier alpha value is -3.52. The largest absolute Gasteiger partial charge is 0.492 e. The number of anilines is 1. The van der Waals surface area contributed by atoms with Gasteiger partial charge in [0.2, 0.25) is 17.7 Å². The minimum atomic E-state index is 0.0240. The number of rotatable bonds is 5. The predicted octanol–water partition coefficient (Wildman–Crippen LogP) is 3.05. The van der Waals surface area contributed by atoms with Gasteiger partial charge in [0.1, 0.15) is 0 Å². The number of benzene rings is 2. The minimum absolute atomic E-state index is 0.0240. The molecular weight excluding hydrogens is 422 g/mol. The molecule has 2 N–H and O–H groups in total. The second-order valence-corrected chi connectivity index (χ2v) is 8.65. The Morgan fingerprint density at radius 1 is 1.22 bits per heavy atom. The smallest absolute Gasteiger partial charge is 0.248 e. The fourth-order valence-corrected chi connectivity index (χ4v) is 4.64. The van der Waals surface area contributed by atoms with E-state index in [1.807, 2.05) is 37.3 Å². The van der Waals surface area contributed by atoms with E-state index in [2.05, 4.69) is 49.5 Å². The second-order valence-electron chi connectivity index (χ2n) is 7.62. The van der Waals surface area contributed by atoms with E-state index < -0.39 is 0 Å². The highest BCUT2D eigenvalue weighted by atomic mass is 32.1. The molecule has 2 aliphatic rings. The molecule has 1 fully saturated rings. The van der Waals surface area contributed by atoms with Gasteiger partial charge in [-0.05, 0) is 42.3 Å². The number of aromatic hydroxyl groups is 1. The summed E-state index contributed by atoms with van der Waals surface area (Å²) >= 11 is 1.44. The van der Waals surface area contributed by atoms with Crippen LogP contribution in [0.2, 0.25) is 0 Å². The van der Waals surface area contributed by atoms with E-state index in [0.717, 1.165) is 27.7 Å². The van der Waals surface area contributed by atoms with Gasteiger partial charge in [0.15, 0.2) is 5.13 Å². The summed E-state index contributed by atoms with van der Waals surface area (Å²) in [7, 11) is 1.65. The lowest BCUT2D eigenvalue weighted by Crippen LogP contribution is -2.27. The van der Waals surface area contributed by atoms with Crippen LogP contribution in [0.1, 0.15) is 35.3 Å². The maximum absolute atomic E-state index is 10.4. The maximum atomic E-state index is 10.4. The number of ether oxygens (including phenoxy) is 1. The highest BCUT2D eigenvalue weighted by molar-refractivity contribution is 7.16. The van der Waals surface area contributed by atoms with E-state index in [1.54, 1.807) is 7.05 Å². The highest BCUT2D eigenvalue weighted by Crippen LogP contribution is 2.43. The number of nitrogens with zero attached hydrogens (tertiary/aromatic N) is 4. The molecule has 5 rings (SSSR count). The number of hydrogen-bond acceptors (Lipinski definition) is 6. The second kappa shape index (κ2) is 8.55. The lowest BCUT2D eigenvalue weighted by Gasteiger charge is -2.11. The first kappa shape index (κ1) is 20.4. The SMILES string of the molecule is CCOC1=NC(=NC)N=c2cc/c(=C\c3sc(N[C@@H]4C[C@H]4c4ccccc4)nc3O)cc21. The van der Waals surface area contributed by atoms with Crippen LogP contribution in [0.4, 0.5) is 5.13 Å². The van der Waals surface area contributed by atoms with E-state index in [1.165, 1.54) is 16.9 Å². The number of guanidine groups is 1.